The monoisotopic (exact) mass is 383 g/mol. The number of esters is 1. The molecule has 0 radical (unpaired) electrons. The van der Waals surface area contributed by atoms with Crippen LogP contribution in [0.3, 0.4) is 0 Å². The Morgan fingerprint density at radius 1 is 0.880 bits per heavy atom. The van der Waals surface area contributed by atoms with Gasteiger partial charge in [-0.15, -0.1) is 0 Å². The van der Waals surface area contributed by atoms with Crippen LogP contribution in [-0.2, 0) is 4.74 Å². The van der Waals surface area contributed by atoms with Crippen molar-refractivity contribution in [3.63, 3.8) is 0 Å². The van der Waals surface area contributed by atoms with E-state index >= 15 is 0 Å². The number of nitrogen functional groups attached to an aromatic ring is 1. The van der Waals surface area contributed by atoms with Crippen LogP contribution in [0.1, 0.15) is 16.8 Å². The molecule has 0 atom stereocenters. The van der Waals surface area contributed by atoms with Gasteiger partial charge in [0.05, 0.1) is 18.6 Å². The van der Waals surface area contributed by atoms with Crippen molar-refractivity contribution in [1.29, 1.82) is 0 Å². The van der Waals surface area contributed by atoms with Gasteiger partial charge in [0, 0.05) is 5.69 Å². The van der Waals surface area contributed by atoms with Gasteiger partial charge in [0.1, 0.15) is 0 Å². The summed E-state index contributed by atoms with van der Waals surface area (Å²) in [5.41, 5.74) is 5.33. The summed E-state index contributed by atoms with van der Waals surface area (Å²) < 4.78 is 118. The van der Waals surface area contributed by atoms with E-state index in [1.807, 2.05) is 0 Å². The molecule has 0 unspecified atom stereocenters. The van der Waals surface area contributed by atoms with E-state index in [1.54, 1.807) is 0 Å². The van der Waals surface area contributed by atoms with E-state index in [4.69, 9.17) is 5.73 Å². The number of ether oxygens (including phenoxy) is 1. The van der Waals surface area contributed by atoms with Crippen LogP contribution >= 0.6 is 0 Å². The standard InChI is InChI=1S/C13H10F9NO2/c14-10(15,11(16,17)12(18,19)13(20,21)22)5-6-25-9(24)7-1-3-8(23)4-2-7/h1-4H,5-6,23H2. The molecular formula is C13H10F9NO2. The topological polar surface area (TPSA) is 52.3 Å². The number of halogens is 9. The molecule has 0 aromatic heterocycles. The fourth-order valence-electron chi connectivity index (χ4n) is 1.54. The summed E-state index contributed by atoms with van der Waals surface area (Å²) in [4.78, 5) is 11.4. The van der Waals surface area contributed by atoms with Crippen LogP contribution < -0.4 is 5.73 Å². The molecule has 0 bridgehead atoms. The third-order valence-electron chi connectivity index (χ3n) is 3.01. The Morgan fingerprint density at radius 2 is 1.36 bits per heavy atom. The summed E-state index contributed by atoms with van der Waals surface area (Å²) in [6.45, 7) is -1.51. The maximum atomic E-state index is 13.2. The van der Waals surface area contributed by atoms with Gasteiger partial charge in [-0.1, -0.05) is 0 Å². The Kier molecular flexibility index (Phi) is 5.55. The Hall–Kier alpha value is -2.14. The SMILES string of the molecule is Nc1ccc(C(=O)OCCC(F)(F)C(F)(F)C(F)(F)C(F)(F)F)cc1. The average Bonchev–Trinajstić information content (AvgIpc) is 2.46. The van der Waals surface area contributed by atoms with E-state index in [9.17, 15) is 44.3 Å². The fraction of sp³-hybridized carbons (Fsp3) is 0.462. The number of rotatable bonds is 6. The normalized spacial score (nSPS) is 13.6. The quantitative estimate of drug-likeness (QED) is 0.453. The fourth-order valence-corrected chi connectivity index (χ4v) is 1.54. The molecule has 0 amide bonds. The number of carbonyl (C=O) groups is 1. The maximum absolute atomic E-state index is 13.2. The van der Waals surface area contributed by atoms with Crippen LogP contribution in [0.4, 0.5) is 45.2 Å². The predicted molar refractivity (Wildman–Crippen MR) is 66.6 cm³/mol. The van der Waals surface area contributed by atoms with Gasteiger partial charge >= 0.3 is 29.9 Å². The van der Waals surface area contributed by atoms with Gasteiger partial charge in [-0.3, -0.25) is 0 Å². The zero-order valence-corrected chi connectivity index (χ0v) is 12.0. The minimum Gasteiger partial charge on any atom is -0.462 e. The minimum absolute atomic E-state index is 0.218. The van der Waals surface area contributed by atoms with Gasteiger partial charge in [0.25, 0.3) is 0 Å². The third-order valence-corrected chi connectivity index (χ3v) is 3.01. The molecule has 2 N–H and O–H groups in total. The predicted octanol–water partition coefficient (Wildman–Crippen LogP) is 4.28. The van der Waals surface area contributed by atoms with Crippen molar-refractivity contribution >= 4 is 11.7 Å². The lowest BCUT2D eigenvalue weighted by Crippen LogP contribution is -2.61. The van der Waals surface area contributed by atoms with Gasteiger partial charge in [-0.25, -0.2) is 4.79 Å². The van der Waals surface area contributed by atoms with Gasteiger partial charge in [0.2, 0.25) is 0 Å². The molecule has 142 valence electrons. The summed E-state index contributed by atoms with van der Waals surface area (Å²) in [5.74, 6) is -20.8. The smallest absolute Gasteiger partial charge is 0.460 e. The van der Waals surface area contributed by atoms with E-state index in [-0.39, 0.29) is 11.3 Å². The molecule has 0 aliphatic carbocycles. The summed E-state index contributed by atoms with van der Waals surface area (Å²) in [6.07, 6.45) is -9.13. The summed E-state index contributed by atoms with van der Waals surface area (Å²) in [5, 5.41) is 0. The molecule has 1 rings (SSSR count). The second-order valence-corrected chi connectivity index (χ2v) is 4.86. The lowest BCUT2D eigenvalue weighted by molar-refractivity contribution is -0.397. The second kappa shape index (κ2) is 6.64. The van der Waals surface area contributed by atoms with Gasteiger partial charge in [-0.05, 0) is 24.3 Å². The molecule has 0 aliphatic heterocycles. The molecule has 0 saturated heterocycles. The Labute approximate surface area is 134 Å². The zero-order chi connectivity index (χ0) is 19.7. The van der Waals surface area contributed by atoms with Crippen LogP contribution in [0, 0.1) is 0 Å². The molecule has 1 aromatic rings. The molecule has 1 aromatic carbocycles. The number of nitrogens with two attached hydrogens (primary N) is 1. The first-order chi connectivity index (χ1) is 11.1. The van der Waals surface area contributed by atoms with E-state index in [1.165, 1.54) is 12.1 Å². The molecule has 3 nitrogen and oxygen atoms in total. The van der Waals surface area contributed by atoms with Crippen LogP contribution in [0.5, 0.6) is 0 Å². The largest absolute Gasteiger partial charge is 0.462 e. The molecule has 0 aliphatic rings. The maximum Gasteiger partial charge on any atom is 0.460 e. The van der Waals surface area contributed by atoms with E-state index in [2.05, 4.69) is 4.74 Å². The minimum atomic E-state index is -6.97. The Balaban J connectivity index is 2.77. The number of carbonyl (C=O) groups excluding carboxylic acids is 1. The van der Waals surface area contributed by atoms with Gasteiger partial charge in [-0.2, -0.15) is 39.5 Å². The van der Waals surface area contributed by atoms with Crippen molar-refractivity contribution in [3.8, 4) is 0 Å². The van der Waals surface area contributed by atoms with Crippen LogP contribution in [0.25, 0.3) is 0 Å². The van der Waals surface area contributed by atoms with Crippen molar-refractivity contribution in [2.75, 3.05) is 12.3 Å². The molecule has 0 fully saturated rings. The van der Waals surface area contributed by atoms with E-state index in [0.717, 1.165) is 12.1 Å². The van der Waals surface area contributed by atoms with Crippen molar-refractivity contribution in [2.24, 2.45) is 0 Å². The number of hydrogen-bond donors (Lipinski definition) is 1. The first-order valence-corrected chi connectivity index (χ1v) is 6.36. The lowest BCUT2D eigenvalue weighted by atomic mass is 10.0. The van der Waals surface area contributed by atoms with Crippen LogP contribution in [0.15, 0.2) is 24.3 Å². The highest BCUT2D eigenvalue weighted by atomic mass is 19.4. The summed E-state index contributed by atoms with van der Waals surface area (Å²) >= 11 is 0. The van der Waals surface area contributed by atoms with Crippen molar-refractivity contribution in [3.05, 3.63) is 29.8 Å². The Morgan fingerprint density at radius 3 is 1.80 bits per heavy atom. The molecule has 0 heterocycles. The molecular weight excluding hydrogens is 373 g/mol. The molecule has 25 heavy (non-hydrogen) atoms. The third kappa shape index (κ3) is 4.10. The highest BCUT2D eigenvalue weighted by molar-refractivity contribution is 5.89. The van der Waals surface area contributed by atoms with E-state index in [0.29, 0.717) is 0 Å². The summed E-state index contributed by atoms with van der Waals surface area (Å²) in [7, 11) is 0. The van der Waals surface area contributed by atoms with Crippen molar-refractivity contribution in [2.45, 2.75) is 30.4 Å². The number of anilines is 1. The van der Waals surface area contributed by atoms with Crippen molar-refractivity contribution < 1.29 is 49.0 Å². The molecule has 12 heteroatoms. The number of hydrogen-bond acceptors (Lipinski definition) is 3. The lowest BCUT2D eigenvalue weighted by Gasteiger charge is -2.33. The van der Waals surface area contributed by atoms with E-state index < -0.39 is 42.9 Å². The van der Waals surface area contributed by atoms with Crippen LogP contribution in [-0.4, -0.2) is 36.5 Å². The first kappa shape index (κ1) is 20.9. The second-order valence-electron chi connectivity index (χ2n) is 4.86. The number of benzene rings is 1. The highest BCUT2D eigenvalue weighted by Gasteiger charge is 2.81. The Bertz CT molecular complexity index is 611. The summed E-state index contributed by atoms with van der Waals surface area (Å²) in [6, 6.07) is 4.65. The van der Waals surface area contributed by atoms with Gasteiger partial charge in [0.15, 0.2) is 0 Å². The number of alkyl halides is 9. The first-order valence-electron chi connectivity index (χ1n) is 6.36. The van der Waals surface area contributed by atoms with Crippen LogP contribution in [0.2, 0.25) is 0 Å². The molecule has 0 spiro atoms. The van der Waals surface area contributed by atoms with Gasteiger partial charge < -0.3 is 10.5 Å². The molecule has 0 saturated carbocycles. The van der Waals surface area contributed by atoms with Crippen molar-refractivity contribution in [1.82, 2.24) is 0 Å². The highest BCUT2D eigenvalue weighted by Crippen LogP contribution is 2.53. The average molecular weight is 383 g/mol. The zero-order valence-electron chi connectivity index (χ0n) is 12.0.